The van der Waals surface area contributed by atoms with Gasteiger partial charge in [-0.1, -0.05) is 6.07 Å². The van der Waals surface area contributed by atoms with Crippen molar-refractivity contribution in [1.29, 1.82) is 0 Å². The monoisotopic (exact) mass is 423 g/mol. The zero-order valence-corrected chi connectivity index (χ0v) is 16.7. The third-order valence-electron chi connectivity index (χ3n) is 5.57. The minimum Gasteiger partial charge on any atom is -0.480 e. The summed E-state index contributed by atoms with van der Waals surface area (Å²) in [7, 11) is 0. The van der Waals surface area contributed by atoms with Crippen LogP contribution >= 0.6 is 0 Å². The van der Waals surface area contributed by atoms with Crippen molar-refractivity contribution in [3.05, 3.63) is 47.7 Å². The van der Waals surface area contributed by atoms with Crippen LogP contribution in [0.5, 0.6) is 11.6 Å². The molecule has 2 aromatic rings. The van der Waals surface area contributed by atoms with E-state index in [0.717, 1.165) is 18.4 Å². The molecule has 9 heteroatoms. The van der Waals surface area contributed by atoms with Crippen LogP contribution in [0.1, 0.15) is 35.2 Å². The van der Waals surface area contributed by atoms with Crippen molar-refractivity contribution in [2.24, 2.45) is 0 Å². The molecule has 5 rings (SSSR count). The number of fused-ring (bicyclic) bond motifs is 1. The lowest BCUT2D eigenvalue weighted by molar-refractivity contribution is -0.137. The molecule has 1 atom stereocenters. The van der Waals surface area contributed by atoms with Gasteiger partial charge in [-0.15, -0.1) is 0 Å². The molecular weight excluding hydrogens is 402 g/mol. The first-order valence-corrected chi connectivity index (χ1v) is 10.2. The van der Waals surface area contributed by atoms with Gasteiger partial charge in [0.05, 0.1) is 6.20 Å². The number of benzene rings is 1. The normalized spacial score (nSPS) is 20.2. The predicted molar refractivity (Wildman–Crippen MR) is 108 cm³/mol. The minimum absolute atomic E-state index is 0.189. The Labute approximate surface area is 178 Å². The van der Waals surface area contributed by atoms with Gasteiger partial charge < -0.3 is 24.4 Å². The van der Waals surface area contributed by atoms with Crippen LogP contribution < -0.4 is 14.4 Å². The molecule has 2 fully saturated rings. The lowest BCUT2D eigenvalue weighted by Crippen LogP contribution is -2.32. The first kappa shape index (κ1) is 19.3. The molecule has 1 aromatic heterocycles. The van der Waals surface area contributed by atoms with Crippen molar-refractivity contribution in [3.8, 4) is 11.6 Å². The Bertz CT molecular complexity index is 1050. The summed E-state index contributed by atoms with van der Waals surface area (Å²) in [5.74, 6) is -0.534. The molecule has 2 amide bonds. The van der Waals surface area contributed by atoms with Crippen LogP contribution in [0.15, 0.2) is 36.5 Å². The number of aliphatic carboxylic acids is 1. The highest BCUT2D eigenvalue weighted by atomic mass is 16.5. The molecule has 1 saturated heterocycles. The third kappa shape index (κ3) is 3.90. The average Bonchev–Trinajstić information content (AvgIpc) is 3.42. The predicted octanol–water partition coefficient (Wildman–Crippen LogP) is 1.85. The Morgan fingerprint density at radius 1 is 1.13 bits per heavy atom. The van der Waals surface area contributed by atoms with Crippen LogP contribution in [0.25, 0.3) is 0 Å². The summed E-state index contributed by atoms with van der Waals surface area (Å²) in [6.45, 7) is 0.374. The summed E-state index contributed by atoms with van der Waals surface area (Å²) in [4.78, 5) is 43.5. The Morgan fingerprint density at radius 2 is 1.97 bits per heavy atom. The molecule has 160 valence electrons. The second-order valence-corrected chi connectivity index (χ2v) is 7.93. The smallest absolute Gasteiger partial charge is 0.323 e. The number of anilines is 1. The molecule has 9 nitrogen and oxygen atoms in total. The van der Waals surface area contributed by atoms with Gasteiger partial charge in [-0.25, -0.2) is 4.98 Å². The number of rotatable bonds is 7. The second-order valence-electron chi connectivity index (χ2n) is 7.93. The number of hydrogen-bond acceptors (Lipinski definition) is 6. The van der Waals surface area contributed by atoms with E-state index in [4.69, 9.17) is 14.6 Å². The molecule has 2 aliphatic heterocycles. The van der Waals surface area contributed by atoms with Gasteiger partial charge in [-0.2, -0.15) is 0 Å². The van der Waals surface area contributed by atoms with E-state index in [2.05, 4.69) is 4.98 Å². The highest BCUT2D eigenvalue weighted by Gasteiger charge is 2.36. The first-order chi connectivity index (χ1) is 15.0. The van der Waals surface area contributed by atoms with Gasteiger partial charge >= 0.3 is 5.97 Å². The summed E-state index contributed by atoms with van der Waals surface area (Å²) in [5, 5.41) is 8.97. The molecule has 1 saturated carbocycles. The van der Waals surface area contributed by atoms with Gasteiger partial charge in [-0.3, -0.25) is 14.4 Å². The van der Waals surface area contributed by atoms with Crippen molar-refractivity contribution in [1.82, 2.24) is 9.88 Å². The van der Waals surface area contributed by atoms with Gasteiger partial charge in [0, 0.05) is 36.8 Å². The van der Waals surface area contributed by atoms with Gasteiger partial charge in [-0.05, 0) is 36.6 Å². The summed E-state index contributed by atoms with van der Waals surface area (Å²) in [5.41, 5.74) is 1.80. The number of hydrogen-bond donors (Lipinski definition) is 1. The number of carboxylic acid groups (broad SMARTS) is 1. The summed E-state index contributed by atoms with van der Waals surface area (Å²) in [6.07, 6.45) is 3.80. The van der Waals surface area contributed by atoms with Gasteiger partial charge in [0.25, 0.3) is 11.8 Å². The highest BCUT2D eigenvalue weighted by molar-refractivity contribution is 6.03. The van der Waals surface area contributed by atoms with Crippen LogP contribution in [-0.2, 0) is 16.1 Å². The van der Waals surface area contributed by atoms with Gasteiger partial charge in [0.2, 0.25) is 5.88 Å². The second kappa shape index (κ2) is 7.57. The Kier molecular flexibility index (Phi) is 4.72. The molecule has 0 spiro atoms. The Morgan fingerprint density at radius 3 is 2.68 bits per heavy atom. The lowest BCUT2D eigenvalue weighted by atomic mass is 10.1. The molecule has 1 aliphatic carbocycles. The molecule has 0 bridgehead atoms. The zero-order valence-electron chi connectivity index (χ0n) is 16.7. The van der Waals surface area contributed by atoms with Crippen molar-refractivity contribution >= 4 is 23.5 Å². The molecular formula is C22H21N3O6. The summed E-state index contributed by atoms with van der Waals surface area (Å²) < 4.78 is 11.5. The number of pyridine rings is 1. The van der Waals surface area contributed by atoms with E-state index in [9.17, 15) is 14.4 Å². The molecule has 1 N–H and O–H groups in total. The van der Waals surface area contributed by atoms with E-state index < -0.39 is 12.1 Å². The standard InChI is InChI=1S/C22H21N3O6/c26-20(27)12-24-11-13-1-2-14(9-17(13)21(24)28)25-8-7-18(22(25)29)30-16-5-6-19(23-10-16)31-15-3-4-15/h1-2,5-6,9-10,15,18H,3-4,7-8,11-12H2,(H,26,27)/t18-/m1/s1. The SMILES string of the molecule is O=C(O)CN1Cc2ccc(N3CC[C@@H](Oc4ccc(OC5CC5)nc4)C3=O)cc2C1=O. The van der Waals surface area contributed by atoms with E-state index in [0.29, 0.717) is 35.8 Å². The summed E-state index contributed by atoms with van der Waals surface area (Å²) >= 11 is 0. The van der Waals surface area contributed by atoms with Crippen LogP contribution in [-0.4, -0.2) is 58.1 Å². The molecule has 0 unspecified atom stereocenters. The maximum absolute atomic E-state index is 12.9. The quantitative estimate of drug-likeness (QED) is 0.724. The molecule has 31 heavy (non-hydrogen) atoms. The highest BCUT2D eigenvalue weighted by Crippen LogP contribution is 2.31. The van der Waals surface area contributed by atoms with Crippen molar-refractivity contribution in [2.45, 2.75) is 38.0 Å². The first-order valence-electron chi connectivity index (χ1n) is 10.2. The van der Waals surface area contributed by atoms with Crippen molar-refractivity contribution < 1.29 is 29.0 Å². The summed E-state index contributed by atoms with van der Waals surface area (Å²) in [6, 6.07) is 8.69. The van der Waals surface area contributed by atoms with E-state index in [1.165, 1.54) is 4.90 Å². The fraction of sp³-hybridized carbons (Fsp3) is 0.364. The van der Waals surface area contributed by atoms with E-state index in [1.807, 2.05) is 0 Å². The average molecular weight is 423 g/mol. The van der Waals surface area contributed by atoms with E-state index in [1.54, 1.807) is 41.4 Å². The topological polar surface area (TPSA) is 109 Å². The molecule has 0 radical (unpaired) electrons. The third-order valence-corrected chi connectivity index (χ3v) is 5.57. The number of ether oxygens (including phenoxy) is 2. The lowest BCUT2D eigenvalue weighted by Gasteiger charge is -2.18. The largest absolute Gasteiger partial charge is 0.480 e. The van der Waals surface area contributed by atoms with Crippen LogP contribution in [0, 0.1) is 0 Å². The van der Waals surface area contributed by atoms with Gasteiger partial charge in [0.1, 0.15) is 18.4 Å². The number of aromatic nitrogens is 1. The van der Waals surface area contributed by atoms with Gasteiger partial charge in [0.15, 0.2) is 6.10 Å². The number of nitrogens with zero attached hydrogens (tertiary/aromatic N) is 3. The Balaban J connectivity index is 1.25. The number of amides is 2. The minimum atomic E-state index is -1.06. The number of carboxylic acids is 1. The van der Waals surface area contributed by atoms with Crippen LogP contribution in [0.4, 0.5) is 5.69 Å². The van der Waals surface area contributed by atoms with E-state index in [-0.39, 0.29) is 31.0 Å². The molecule has 3 aliphatic rings. The number of carbonyl (C=O) groups is 3. The fourth-order valence-corrected chi connectivity index (χ4v) is 3.85. The van der Waals surface area contributed by atoms with Crippen LogP contribution in [0.3, 0.4) is 0 Å². The molecule has 3 heterocycles. The van der Waals surface area contributed by atoms with Crippen molar-refractivity contribution in [3.63, 3.8) is 0 Å². The Hall–Kier alpha value is -3.62. The fourth-order valence-electron chi connectivity index (χ4n) is 3.85. The van der Waals surface area contributed by atoms with E-state index >= 15 is 0 Å². The zero-order chi connectivity index (χ0) is 21.5. The van der Waals surface area contributed by atoms with Crippen LogP contribution in [0.2, 0.25) is 0 Å². The van der Waals surface area contributed by atoms with Crippen molar-refractivity contribution in [2.75, 3.05) is 18.0 Å². The molecule has 1 aromatic carbocycles. The number of carbonyl (C=O) groups excluding carboxylic acids is 2. The maximum Gasteiger partial charge on any atom is 0.323 e. The maximum atomic E-state index is 12.9.